The van der Waals surface area contributed by atoms with Gasteiger partial charge >= 0.3 is 0 Å². The van der Waals surface area contributed by atoms with E-state index in [9.17, 15) is 8.42 Å². The van der Waals surface area contributed by atoms with E-state index in [-0.39, 0.29) is 23.5 Å². The zero-order valence-corrected chi connectivity index (χ0v) is 11.4. The molecule has 0 unspecified atom stereocenters. The quantitative estimate of drug-likeness (QED) is 0.769. The van der Waals surface area contributed by atoms with Crippen LogP contribution in [0.15, 0.2) is 29.2 Å². The second kappa shape index (κ2) is 5.38. The summed E-state index contributed by atoms with van der Waals surface area (Å²) >= 11 is 0. The van der Waals surface area contributed by atoms with Gasteiger partial charge in [0.05, 0.1) is 17.6 Å². The highest BCUT2D eigenvalue weighted by Crippen LogP contribution is 2.30. The predicted molar refractivity (Wildman–Crippen MR) is 67.8 cm³/mol. The van der Waals surface area contributed by atoms with Crippen molar-refractivity contribution < 1.29 is 17.3 Å². The molecule has 5 heteroatoms. The van der Waals surface area contributed by atoms with Crippen molar-refractivity contribution in [3.63, 3.8) is 0 Å². The highest BCUT2D eigenvalue weighted by Gasteiger charge is 2.30. The van der Waals surface area contributed by atoms with Crippen LogP contribution in [0.2, 0.25) is 0 Å². The zero-order valence-electron chi connectivity index (χ0n) is 10.6. The highest BCUT2D eigenvalue weighted by molar-refractivity contribution is 7.86. The van der Waals surface area contributed by atoms with E-state index >= 15 is 0 Å². The van der Waals surface area contributed by atoms with Crippen molar-refractivity contribution >= 4 is 10.1 Å². The number of ether oxygens (including phenoxy) is 1. The molecule has 0 heterocycles. The molecular formula is C13H18O4S. The predicted octanol–water partition coefficient (Wildman–Crippen LogP) is 2.13. The minimum Gasteiger partial charge on any atom is -0.381 e. The average Bonchev–Trinajstić information content (AvgIpc) is 2.28. The Morgan fingerprint density at radius 1 is 1.22 bits per heavy atom. The van der Waals surface area contributed by atoms with E-state index in [0.29, 0.717) is 0 Å². The van der Waals surface area contributed by atoms with Crippen LogP contribution in [0, 0.1) is 12.8 Å². The third-order valence-corrected chi connectivity index (χ3v) is 4.59. The van der Waals surface area contributed by atoms with Crippen molar-refractivity contribution in [2.24, 2.45) is 5.92 Å². The van der Waals surface area contributed by atoms with Gasteiger partial charge in [0.2, 0.25) is 0 Å². The molecule has 0 aromatic heterocycles. The van der Waals surface area contributed by atoms with Gasteiger partial charge in [0.15, 0.2) is 0 Å². The van der Waals surface area contributed by atoms with Crippen molar-refractivity contribution in [3.05, 3.63) is 29.8 Å². The molecule has 18 heavy (non-hydrogen) atoms. The Balaban J connectivity index is 1.90. The summed E-state index contributed by atoms with van der Waals surface area (Å²) in [5.41, 5.74) is 1.02. The average molecular weight is 270 g/mol. The van der Waals surface area contributed by atoms with E-state index in [0.717, 1.165) is 18.4 Å². The van der Waals surface area contributed by atoms with Gasteiger partial charge in [-0.1, -0.05) is 17.7 Å². The zero-order chi connectivity index (χ0) is 13.2. The topological polar surface area (TPSA) is 52.6 Å². The van der Waals surface area contributed by atoms with Gasteiger partial charge in [-0.25, -0.2) is 0 Å². The summed E-state index contributed by atoms with van der Waals surface area (Å²) in [5, 5.41) is 0. The minimum absolute atomic E-state index is 0.218. The first-order chi connectivity index (χ1) is 8.51. The van der Waals surface area contributed by atoms with Gasteiger partial charge in [-0.2, -0.15) is 8.42 Å². The number of aryl methyl sites for hydroxylation is 1. The SMILES string of the molecule is CO[C@H]1C[C@H](COS(=O)(=O)c2ccc(C)cc2)C1. The van der Waals surface area contributed by atoms with E-state index in [1.54, 1.807) is 31.4 Å². The Morgan fingerprint density at radius 2 is 1.83 bits per heavy atom. The van der Waals surface area contributed by atoms with Crippen LogP contribution in [0.4, 0.5) is 0 Å². The monoisotopic (exact) mass is 270 g/mol. The second-order valence-electron chi connectivity index (χ2n) is 4.75. The van der Waals surface area contributed by atoms with Gasteiger partial charge in [0.25, 0.3) is 10.1 Å². The lowest BCUT2D eigenvalue weighted by Gasteiger charge is -2.33. The molecule has 0 bridgehead atoms. The van der Waals surface area contributed by atoms with E-state index in [1.165, 1.54) is 0 Å². The van der Waals surface area contributed by atoms with Crippen molar-refractivity contribution in [1.29, 1.82) is 0 Å². The third-order valence-electron chi connectivity index (χ3n) is 3.29. The van der Waals surface area contributed by atoms with Crippen molar-refractivity contribution in [2.75, 3.05) is 13.7 Å². The van der Waals surface area contributed by atoms with Crippen LogP contribution in [0.25, 0.3) is 0 Å². The molecule has 0 amide bonds. The standard InChI is InChI=1S/C13H18O4S/c1-10-3-5-13(6-4-10)18(14,15)17-9-11-7-12(8-11)16-2/h3-6,11-12H,7-9H2,1-2H3/t11-,12-. The Labute approximate surface area is 108 Å². The molecule has 100 valence electrons. The largest absolute Gasteiger partial charge is 0.381 e. The van der Waals surface area contributed by atoms with Crippen molar-refractivity contribution in [2.45, 2.75) is 30.8 Å². The maximum atomic E-state index is 11.9. The lowest BCUT2D eigenvalue weighted by molar-refractivity contribution is -0.0134. The fourth-order valence-electron chi connectivity index (χ4n) is 1.96. The van der Waals surface area contributed by atoms with Crippen LogP contribution in [-0.2, 0) is 19.0 Å². The van der Waals surface area contributed by atoms with E-state index < -0.39 is 10.1 Å². The minimum atomic E-state index is -3.61. The summed E-state index contributed by atoms with van der Waals surface area (Å²) in [5.74, 6) is 0.287. The maximum absolute atomic E-state index is 11.9. The second-order valence-corrected chi connectivity index (χ2v) is 6.36. The highest BCUT2D eigenvalue weighted by atomic mass is 32.2. The van der Waals surface area contributed by atoms with Gasteiger partial charge in [-0.15, -0.1) is 0 Å². The summed E-state index contributed by atoms with van der Waals surface area (Å²) < 4.78 is 34.0. The molecule has 0 saturated heterocycles. The van der Waals surface area contributed by atoms with Gasteiger partial charge in [0.1, 0.15) is 0 Å². The van der Waals surface area contributed by atoms with Crippen LogP contribution in [0.5, 0.6) is 0 Å². The number of rotatable bonds is 5. The van der Waals surface area contributed by atoms with Gasteiger partial charge in [-0.3, -0.25) is 4.18 Å². The van der Waals surface area contributed by atoms with Crippen molar-refractivity contribution in [1.82, 2.24) is 0 Å². The van der Waals surface area contributed by atoms with Gasteiger partial charge < -0.3 is 4.74 Å². The molecule has 0 N–H and O–H groups in total. The van der Waals surface area contributed by atoms with Gasteiger partial charge in [0, 0.05) is 7.11 Å². The molecule has 0 radical (unpaired) electrons. The molecule has 2 rings (SSSR count). The van der Waals surface area contributed by atoms with E-state index in [2.05, 4.69) is 0 Å². The van der Waals surface area contributed by atoms with Crippen molar-refractivity contribution in [3.8, 4) is 0 Å². The summed E-state index contributed by atoms with van der Waals surface area (Å²) in [6.45, 7) is 2.16. The fourth-order valence-corrected chi connectivity index (χ4v) is 2.94. The van der Waals surface area contributed by atoms with E-state index in [4.69, 9.17) is 8.92 Å². The third kappa shape index (κ3) is 3.10. The van der Waals surface area contributed by atoms with E-state index in [1.807, 2.05) is 6.92 Å². The lowest BCUT2D eigenvalue weighted by atomic mass is 9.83. The lowest BCUT2D eigenvalue weighted by Crippen LogP contribution is -2.33. The number of methoxy groups -OCH3 is 1. The first-order valence-electron chi connectivity index (χ1n) is 6.00. The summed E-state index contributed by atoms with van der Waals surface area (Å²) in [7, 11) is -1.94. The molecule has 1 aliphatic carbocycles. The molecule has 1 aliphatic rings. The molecule has 1 aromatic carbocycles. The number of hydrogen-bond acceptors (Lipinski definition) is 4. The Bertz CT molecular complexity index is 486. The van der Waals surface area contributed by atoms with Crippen LogP contribution in [0.3, 0.4) is 0 Å². The van der Waals surface area contributed by atoms with Crippen LogP contribution >= 0.6 is 0 Å². The molecule has 4 nitrogen and oxygen atoms in total. The fraction of sp³-hybridized carbons (Fsp3) is 0.538. The van der Waals surface area contributed by atoms with Crippen LogP contribution in [-0.4, -0.2) is 28.2 Å². The Kier molecular flexibility index (Phi) is 4.04. The molecule has 1 saturated carbocycles. The molecule has 1 aromatic rings. The normalized spacial score (nSPS) is 23.7. The maximum Gasteiger partial charge on any atom is 0.296 e. The molecular weight excluding hydrogens is 252 g/mol. The first kappa shape index (κ1) is 13.5. The summed E-state index contributed by atoms with van der Waals surface area (Å²) in [4.78, 5) is 0.218. The van der Waals surface area contributed by atoms with Crippen LogP contribution < -0.4 is 0 Å². The molecule has 1 fully saturated rings. The molecule has 0 spiro atoms. The Morgan fingerprint density at radius 3 is 2.39 bits per heavy atom. The summed E-state index contributed by atoms with van der Waals surface area (Å²) in [6, 6.07) is 6.67. The Hall–Kier alpha value is -0.910. The van der Waals surface area contributed by atoms with Crippen LogP contribution in [0.1, 0.15) is 18.4 Å². The number of benzene rings is 1. The number of hydrogen-bond donors (Lipinski definition) is 0. The van der Waals surface area contributed by atoms with Gasteiger partial charge in [-0.05, 0) is 37.8 Å². The molecule has 0 atom stereocenters. The molecule has 0 aliphatic heterocycles. The summed E-state index contributed by atoms with van der Waals surface area (Å²) in [6.07, 6.45) is 2.01. The first-order valence-corrected chi connectivity index (χ1v) is 7.41. The smallest absolute Gasteiger partial charge is 0.296 e.